The van der Waals surface area contributed by atoms with Crippen LogP contribution in [0.25, 0.3) is 22.3 Å². The first kappa shape index (κ1) is 59.3. The van der Waals surface area contributed by atoms with Crippen LogP contribution in [0.4, 0.5) is 20.2 Å². The normalized spacial score (nSPS) is 12.2. The molecule has 0 bridgehead atoms. The Hall–Kier alpha value is -6.26. The Morgan fingerprint density at radius 2 is 1.10 bits per heavy atom. The SMILES string of the molecule is C.CC(C)(C)OC(=O)c1ccccc1-c1ccc(CBr)cc1F.COC(=O)c1ccc2c(c1)OCCN2.COC(=O)c1ccc2c(c1)OCCN2Cc1ccc(-c2ccccc2C(=O)OC(C)(C)C)c(F)c1.[H-].[Na+]. The van der Waals surface area contributed by atoms with E-state index in [0.29, 0.717) is 87.6 Å². The van der Waals surface area contributed by atoms with Crippen LogP contribution in [0.1, 0.15) is 103 Å². The fraction of sp³-hybridized carbons (Fsp3) is 0.298. The van der Waals surface area contributed by atoms with Gasteiger partial charge in [0.15, 0.2) is 0 Å². The minimum Gasteiger partial charge on any atom is -1.00 e. The predicted molar refractivity (Wildman–Crippen MR) is 281 cm³/mol. The minimum absolute atomic E-state index is 0. The third-order valence-corrected chi connectivity index (χ3v) is 11.3. The largest absolute Gasteiger partial charge is 1.00 e. The van der Waals surface area contributed by atoms with E-state index < -0.39 is 34.9 Å². The number of benzene rings is 6. The fourth-order valence-corrected chi connectivity index (χ4v) is 7.83. The zero-order chi connectivity index (χ0) is 51.5. The molecule has 0 unspecified atom stereocenters. The summed E-state index contributed by atoms with van der Waals surface area (Å²) in [6.07, 6.45) is 0. The molecular formula is C57H62BrF2N2NaO10. The molecular weight excluding hydrogens is 1010 g/mol. The topological polar surface area (TPSA) is 139 Å². The maximum atomic E-state index is 15.3. The molecule has 2 aliphatic rings. The van der Waals surface area contributed by atoms with Gasteiger partial charge in [-0.1, -0.05) is 84.0 Å². The van der Waals surface area contributed by atoms with E-state index in [9.17, 15) is 23.6 Å². The van der Waals surface area contributed by atoms with Crippen LogP contribution in [0.15, 0.2) is 121 Å². The van der Waals surface area contributed by atoms with Gasteiger partial charge in [-0.05, 0) is 124 Å². The number of nitrogens with one attached hydrogen (secondary N) is 1. The number of hydrogen-bond donors (Lipinski definition) is 1. The van der Waals surface area contributed by atoms with E-state index in [4.69, 9.17) is 23.7 Å². The first-order chi connectivity index (χ1) is 33.8. The van der Waals surface area contributed by atoms with Gasteiger partial charge in [0, 0.05) is 29.5 Å². The van der Waals surface area contributed by atoms with E-state index in [2.05, 4.69) is 30.9 Å². The van der Waals surface area contributed by atoms with E-state index in [-0.39, 0.29) is 50.2 Å². The molecule has 382 valence electrons. The summed E-state index contributed by atoms with van der Waals surface area (Å²) >= 11 is 3.30. The number of nitrogens with zero attached hydrogens (tertiary/aromatic N) is 1. The van der Waals surface area contributed by atoms with Crippen LogP contribution in [0.3, 0.4) is 0 Å². The number of alkyl halides is 1. The van der Waals surface area contributed by atoms with Gasteiger partial charge in [-0.2, -0.15) is 0 Å². The third-order valence-electron chi connectivity index (χ3n) is 10.7. The number of hydrogen-bond acceptors (Lipinski definition) is 12. The molecule has 2 aliphatic heterocycles. The smallest absolute Gasteiger partial charge is 1.00 e. The Morgan fingerprint density at radius 1 is 0.616 bits per heavy atom. The first-order valence-electron chi connectivity index (χ1n) is 22.8. The Morgan fingerprint density at radius 3 is 1.60 bits per heavy atom. The summed E-state index contributed by atoms with van der Waals surface area (Å²) in [7, 11) is 2.69. The number of anilines is 2. The van der Waals surface area contributed by atoms with Crippen molar-refractivity contribution < 1.29 is 87.4 Å². The van der Waals surface area contributed by atoms with Crippen molar-refractivity contribution >= 4 is 51.2 Å². The van der Waals surface area contributed by atoms with E-state index in [1.54, 1.807) is 126 Å². The number of methoxy groups -OCH3 is 2. The van der Waals surface area contributed by atoms with Crippen molar-refractivity contribution in [2.45, 2.75) is 72.0 Å². The van der Waals surface area contributed by atoms with E-state index in [1.807, 2.05) is 24.3 Å². The van der Waals surface area contributed by atoms with Crippen molar-refractivity contribution in [1.29, 1.82) is 0 Å². The van der Waals surface area contributed by atoms with Gasteiger partial charge >= 0.3 is 53.4 Å². The van der Waals surface area contributed by atoms with Crippen LogP contribution in [-0.4, -0.2) is 75.6 Å². The van der Waals surface area contributed by atoms with Gasteiger partial charge in [0.2, 0.25) is 0 Å². The number of fused-ring (bicyclic) bond motifs is 2. The molecule has 0 fully saturated rings. The summed E-state index contributed by atoms with van der Waals surface area (Å²) in [6.45, 7) is 13.7. The number of halogens is 3. The molecule has 6 aromatic carbocycles. The second-order valence-corrected chi connectivity index (χ2v) is 18.8. The summed E-state index contributed by atoms with van der Waals surface area (Å²) < 4.78 is 61.0. The van der Waals surface area contributed by atoms with Gasteiger partial charge < -0.3 is 40.1 Å². The molecule has 16 heteroatoms. The summed E-state index contributed by atoms with van der Waals surface area (Å²) in [5.74, 6) is -1.21. The molecule has 0 saturated heterocycles. The Balaban J connectivity index is 0.000000317. The minimum atomic E-state index is -0.654. The van der Waals surface area contributed by atoms with Crippen LogP contribution >= 0.6 is 15.9 Å². The Labute approximate surface area is 458 Å². The number of ether oxygens (including phenoxy) is 6. The molecule has 0 aromatic heterocycles. The van der Waals surface area contributed by atoms with Crippen molar-refractivity contribution in [2.75, 3.05) is 50.7 Å². The molecule has 1 N–H and O–H groups in total. The molecule has 6 aromatic rings. The van der Waals surface area contributed by atoms with Gasteiger partial charge in [-0.3, -0.25) is 0 Å². The number of esters is 4. The van der Waals surface area contributed by atoms with Crippen LogP contribution in [0.5, 0.6) is 11.5 Å². The molecule has 0 atom stereocenters. The summed E-state index contributed by atoms with van der Waals surface area (Å²) in [6, 6.07) is 34.2. The maximum absolute atomic E-state index is 15.3. The molecule has 0 saturated carbocycles. The van der Waals surface area contributed by atoms with E-state index in [0.717, 1.165) is 29.0 Å². The maximum Gasteiger partial charge on any atom is 1.00 e. The number of carbonyl (C=O) groups excluding carboxylic acids is 4. The zero-order valence-electron chi connectivity index (χ0n) is 43.0. The molecule has 0 amide bonds. The fourth-order valence-electron chi connectivity index (χ4n) is 7.48. The third kappa shape index (κ3) is 16.1. The summed E-state index contributed by atoms with van der Waals surface area (Å²) in [5, 5.41) is 3.75. The molecule has 0 radical (unpaired) electrons. The first-order valence-corrected chi connectivity index (χ1v) is 23.9. The van der Waals surface area contributed by atoms with E-state index in [1.165, 1.54) is 26.4 Å². The monoisotopic (exact) mass is 1070 g/mol. The second kappa shape index (κ2) is 26.6. The van der Waals surface area contributed by atoms with Gasteiger partial charge in [0.1, 0.15) is 47.5 Å². The van der Waals surface area contributed by atoms with Gasteiger partial charge in [-0.15, -0.1) is 0 Å². The van der Waals surface area contributed by atoms with E-state index >= 15 is 4.39 Å². The molecule has 12 nitrogen and oxygen atoms in total. The van der Waals surface area contributed by atoms with Crippen molar-refractivity contribution in [3.8, 4) is 33.8 Å². The van der Waals surface area contributed by atoms with Crippen LogP contribution in [0, 0.1) is 11.6 Å². The van der Waals surface area contributed by atoms with Crippen molar-refractivity contribution in [2.24, 2.45) is 0 Å². The Bertz CT molecular complexity index is 2910. The quantitative estimate of drug-likeness (QED) is 0.0638. The van der Waals surface area contributed by atoms with Gasteiger partial charge in [-0.25, -0.2) is 28.0 Å². The number of carbonyl (C=O) groups is 4. The molecule has 8 rings (SSSR count). The molecule has 73 heavy (non-hydrogen) atoms. The Kier molecular flexibility index (Phi) is 21.6. The van der Waals surface area contributed by atoms with Crippen molar-refractivity contribution in [1.82, 2.24) is 0 Å². The van der Waals surface area contributed by atoms with Crippen molar-refractivity contribution in [3.05, 3.63) is 166 Å². The summed E-state index contributed by atoms with van der Waals surface area (Å²) in [4.78, 5) is 50.1. The average molecular weight is 1080 g/mol. The van der Waals surface area contributed by atoms with Crippen molar-refractivity contribution in [3.63, 3.8) is 0 Å². The van der Waals surface area contributed by atoms with Crippen LogP contribution in [0.2, 0.25) is 0 Å². The van der Waals surface area contributed by atoms with Gasteiger partial charge in [0.05, 0.1) is 54.4 Å². The molecule has 2 heterocycles. The average Bonchev–Trinajstić information content (AvgIpc) is 3.35. The predicted octanol–water partition coefficient (Wildman–Crippen LogP) is 10.0. The van der Waals surface area contributed by atoms with Crippen LogP contribution < -0.4 is 49.2 Å². The molecule has 0 aliphatic carbocycles. The van der Waals surface area contributed by atoms with Gasteiger partial charge in [0.25, 0.3) is 0 Å². The summed E-state index contributed by atoms with van der Waals surface area (Å²) in [5.41, 5.74) is 5.46. The second-order valence-electron chi connectivity index (χ2n) is 18.3. The van der Waals surface area contributed by atoms with Crippen LogP contribution in [-0.2, 0) is 30.8 Å². The number of rotatable bonds is 9. The molecule has 0 spiro atoms. The zero-order valence-corrected chi connectivity index (χ0v) is 45.5. The standard InChI is InChI=1S/C28H28FNO5.C18H18BrFO2.C10H11NO3.CH4.Na.H/c1-28(2,3)35-27(32)22-8-6-5-7-20(22)21-11-9-18(15-23(21)29)17-30-13-14-34-25-16-19(26(31)33-4)10-12-24(25)30;1-18(2,3)22-17(21)15-7-5-4-6-13(15)14-9-8-12(11-19)10-16(14)20;1-13-10(12)7-2-3-8-9(6-7)14-5-4-11-8;;;/h5-12,15-16H,13-14,17H2,1-4H3;4-10H,11H2,1-3H3;2-3,6,11H,4-5H2,1H3;1H4;;/q;;;;+1;-1.